The highest BCUT2D eigenvalue weighted by atomic mass is 16.5. The van der Waals surface area contributed by atoms with Crippen LogP contribution < -0.4 is 5.43 Å². The van der Waals surface area contributed by atoms with Crippen molar-refractivity contribution in [2.24, 2.45) is 11.8 Å². The summed E-state index contributed by atoms with van der Waals surface area (Å²) in [5.74, 6) is -0.410. The Hall–Kier alpha value is -1.10. The SMILES string of the molecule is CCOC(=O)C(C)CN1CC(C)C(=O)N1. The summed E-state index contributed by atoms with van der Waals surface area (Å²) in [7, 11) is 0. The van der Waals surface area contributed by atoms with Gasteiger partial charge in [0.1, 0.15) is 0 Å². The van der Waals surface area contributed by atoms with Crippen LogP contribution in [-0.4, -0.2) is 36.6 Å². The lowest BCUT2D eigenvalue weighted by Gasteiger charge is -2.18. The quantitative estimate of drug-likeness (QED) is 0.678. The molecule has 5 heteroatoms. The zero-order valence-electron chi connectivity index (χ0n) is 9.45. The number of nitrogens with one attached hydrogen (secondary N) is 1. The highest BCUT2D eigenvalue weighted by molar-refractivity contribution is 5.80. The average molecular weight is 214 g/mol. The molecule has 0 aromatic rings. The second-order valence-electron chi connectivity index (χ2n) is 3.94. The molecule has 0 aromatic heterocycles. The standard InChI is InChI=1S/C10H18N2O3/c1-4-15-10(14)8(3)6-12-5-7(2)9(13)11-12/h7-8H,4-6H2,1-3H3,(H,11,13). The van der Waals surface area contributed by atoms with Crippen LogP contribution in [0.2, 0.25) is 0 Å². The first kappa shape index (κ1) is 12.0. The third-order valence-corrected chi connectivity index (χ3v) is 2.39. The van der Waals surface area contributed by atoms with Crippen molar-refractivity contribution in [2.75, 3.05) is 19.7 Å². The molecule has 86 valence electrons. The van der Waals surface area contributed by atoms with Crippen LogP contribution in [0.4, 0.5) is 0 Å². The Bertz CT molecular complexity index is 255. The van der Waals surface area contributed by atoms with Crippen LogP contribution in [0.1, 0.15) is 20.8 Å². The van der Waals surface area contributed by atoms with Gasteiger partial charge in [0.2, 0.25) is 5.91 Å². The van der Waals surface area contributed by atoms with Crippen LogP contribution in [-0.2, 0) is 14.3 Å². The van der Waals surface area contributed by atoms with Gasteiger partial charge in [0.05, 0.1) is 18.4 Å². The fraction of sp³-hybridized carbons (Fsp3) is 0.800. The third-order valence-electron chi connectivity index (χ3n) is 2.39. The molecule has 2 atom stereocenters. The van der Waals surface area contributed by atoms with E-state index in [1.807, 2.05) is 6.92 Å². The molecule has 5 nitrogen and oxygen atoms in total. The van der Waals surface area contributed by atoms with Crippen molar-refractivity contribution in [1.29, 1.82) is 0 Å². The smallest absolute Gasteiger partial charge is 0.310 e. The number of hydrazine groups is 1. The lowest BCUT2D eigenvalue weighted by molar-refractivity contribution is -0.148. The van der Waals surface area contributed by atoms with E-state index in [1.165, 1.54) is 0 Å². The van der Waals surface area contributed by atoms with Gasteiger partial charge in [-0.05, 0) is 6.92 Å². The fourth-order valence-corrected chi connectivity index (χ4v) is 1.53. The Kier molecular flexibility index (Phi) is 4.08. The Morgan fingerprint density at radius 1 is 1.73 bits per heavy atom. The summed E-state index contributed by atoms with van der Waals surface area (Å²) < 4.78 is 4.89. The van der Waals surface area contributed by atoms with Crippen molar-refractivity contribution in [3.05, 3.63) is 0 Å². The topological polar surface area (TPSA) is 58.6 Å². The van der Waals surface area contributed by atoms with E-state index in [0.717, 1.165) is 0 Å². The number of carbonyl (C=O) groups excluding carboxylic acids is 2. The van der Waals surface area contributed by atoms with Gasteiger partial charge < -0.3 is 4.74 Å². The third kappa shape index (κ3) is 3.20. The van der Waals surface area contributed by atoms with Gasteiger partial charge in [0.15, 0.2) is 0 Å². The summed E-state index contributed by atoms with van der Waals surface area (Å²) in [4.78, 5) is 22.5. The van der Waals surface area contributed by atoms with Gasteiger partial charge in [0.25, 0.3) is 0 Å². The van der Waals surface area contributed by atoms with Crippen molar-refractivity contribution in [1.82, 2.24) is 10.4 Å². The zero-order valence-corrected chi connectivity index (χ0v) is 9.45. The molecular formula is C10H18N2O3. The van der Waals surface area contributed by atoms with E-state index in [4.69, 9.17) is 4.74 Å². The van der Waals surface area contributed by atoms with Crippen molar-refractivity contribution in [3.63, 3.8) is 0 Å². The van der Waals surface area contributed by atoms with Crippen molar-refractivity contribution >= 4 is 11.9 Å². The molecule has 0 bridgehead atoms. The Morgan fingerprint density at radius 3 is 2.87 bits per heavy atom. The normalized spacial score (nSPS) is 23.7. The van der Waals surface area contributed by atoms with Gasteiger partial charge in [-0.15, -0.1) is 0 Å². The molecule has 15 heavy (non-hydrogen) atoms. The van der Waals surface area contributed by atoms with Crippen LogP contribution in [0.15, 0.2) is 0 Å². The summed E-state index contributed by atoms with van der Waals surface area (Å²) in [6.07, 6.45) is 0. The van der Waals surface area contributed by atoms with Gasteiger partial charge in [-0.2, -0.15) is 0 Å². The number of esters is 1. The van der Waals surface area contributed by atoms with Gasteiger partial charge in [-0.1, -0.05) is 13.8 Å². The van der Waals surface area contributed by atoms with Crippen molar-refractivity contribution < 1.29 is 14.3 Å². The second-order valence-corrected chi connectivity index (χ2v) is 3.94. The molecule has 1 fully saturated rings. The maximum atomic E-state index is 11.3. The molecule has 1 rings (SSSR count). The molecule has 1 amide bonds. The van der Waals surface area contributed by atoms with Crippen LogP contribution in [0.5, 0.6) is 0 Å². The molecule has 0 spiro atoms. The summed E-state index contributed by atoms with van der Waals surface area (Å²) >= 11 is 0. The molecule has 1 N–H and O–H groups in total. The number of nitrogens with zero attached hydrogens (tertiary/aromatic N) is 1. The van der Waals surface area contributed by atoms with Crippen LogP contribution in [0.3, 0.4) is 0 Å². The van der Waals surface area contributed by atoms with E-state index in [0.29, 0.717) is 19.7 Å². The van der Waals surface area contributed by atoms with Crippen molar-refractivity contribution in [3.8, 4) is 0 Å². The number of carbonyl (C=O) groups is 2. The first-order valence-corrected chi connectivity index (χ1v) is 5.26. The second kappa shape index (κ2) is 5.11. The fourth-order valence-electron chi connectivity index (χ4n) is 1.53. The van der Waals surface area contributed by atoms with E-state index in [2.05, 4.69) is 5.43 Å². The number of amides is 1. The lowest BCUT2D eigenvalue weighted by Crippen LogP contribution is -2.38. The molecular weight excluding hydrogens is 196 g/mol. The first-order chi connectivity index (χ1) is 7.04. The largest absolute Gasteiger partial charge is 0.466 e. The number of hydrogen-bond donors (Lipinski definition) is 1. The summed E-state index contributed by atoms with van der Waals surface area (Å²) in [6, 6.07) is 0. The predicted octanol–water partition coefficient (Wildman–Crippen LogP) is 0.168. The summed E-state index contributed by atoms with van der Waals surface area (Å²) in [6.45, 7) is 7.01. The average Bonchev–Trinajstić information content (AvgIpc) is 2.46. The van der Waals surface area contributed by atoms with Gasteiger partial charge >= 0.3 is 5.97 Å². The van der Waals surface area contributed by atoms with Crippen LogP contribution in [0, 0.1) is 11.8 Å². The molecule has 2 unspecified atom stereocenters. The van der Waals surface area contributed by atoms with Crippen LogP contribution in [0.25, 0.3) is 0 Å². The molecule has 1 saturated heterocycles. The van der Waals surface area contributed by atoms with E-state index in [1.54, 1.807) is 18.9 Å². The molecule has 0 aliphatic carbocycles. The molecule has 1 aliphatic rings. The molecule has 1 aliphatic heterocycles. The molecule has 0 aromatic carbocycles. The maximum Gasteiger partial charge on any atom is 0.310 e. The monoisotopic (exact) mass is 214 g/mol. The zero-order chi connectivity index (χ0) is 11.4. The van der Waals surface area contributed by atoms with E-state index in [9.17, 15) is 9.59 Å². The molecule has 0 radical (unpaired) electrons. The minimum Gasteiger partial charge on any atom is -0.466 e. The molecule has 0 saturated carbocycles. The van der Waals surface area contributed by atoms with Gasteiger partial charge in [-0.3, -0.25) is 15.0 Å². The van der Waals surface area contributed by atoms with Crippen molar-refractivity contribution in [2.45, 2.75) is 20.8 Å². The van der Waals surface area contributed by atoms with Gasteiger partial charge in [-0.25, -0.2) is 5.01 Å². The Balaban J connectivity index is 2.36. The minimum absolute atomic E-state index is 0.000560. The Morgan fingerprint density at radius 2 is 2.40 bits per heavy atom. The highest BCUT2D eigenvalue weighted by Crippen LogP contribution is 2.10. The predicted molar refractivity (Wildman–Crippen MR) is 54.7 cm³/mol. The first-order valence-electron chi connectivity index (χ1n) is 5.26. The molecule has 1 heterocycles. The van der Waals surface area contributed by atoms with E-state index in [-0.39, 0.29) is 23.7 Å². The van der Waals surface area contributed by atoms with Crippen LogP contribution >= 0.6 is 0 Å². The van der Waals surface area contributed by atoms with E-state index < -0.39 is 0 Å². The van der Waals surface area contributed by atoms with E-state index >= 15 is 0 Å². The maximum absolute atomic E-state index is 11.3. The summed E-state index contributed by atoms with van der Waals surface area (Å²) in [5, 5.41) is 1.77. The number of ether oxygens (including phenoxy) is 1. The summed E-state index contributed by atoms with van der Waals surface area (Å²) in [5.41, 5.74) is 2.72. The highest BCUT2D eigenvalue weighted by Gasteiger charge is 2.29. The number of hydrogen-bond acceptors (Lipinski definition) is 4. The lowest BCUT2D eigenvalue weighted by atomic mass is 10.1. The Labute approximate surface area is 89.7 Å². The number of rotatable bonds is 4. The minimum atomic E-state index is -0.216. The van der Waals surface area contributed by atoms with Gasteiger partial charge in [0, 0.05) is 13.1 Å².